The molecule has 1 amide bonds. The minimum absolute atomic E-state index is 0.0264. The first-order valence-electron chi connectivity index (χ1n) is 9.80. The van der Waals surface area contributed by atoms with Gasteiger partial charge in [0.2, 0.25) is 5.43 Å². The first-order chi connectivity index (χ1) is 14.3. The Kier molecular flexibility index (Phi) is 5.05. The Morgan fingerprint density at radius 2 is 2.00 bits per heavy atom. The van der Waals surface area contributed by atoms with Crippen LogP contribution in [0.15, 0.2) is 29.2 Å². The van der Waals surface area contributed by atoms with E-state index in [1.54, 1.807) is 7.05 Å². The molecule has 0 aliphatic carbocycles. The molecule has 1 N–H and O–H groups in total. The zero-order valence-electron chi connectivity index (χ0n) is 16.4. The Morgan fingerprint density at radius 1 is 1.23 bits per heavy atom. The molecule has 2 aliphatic rings. The van der Waals surface area contributed by atoms with E-state index in [-0.39, 0.29) is 35.8 Å². The molecule has 0 saturated carbocycles. The van der Waals surface area contributed by atoms with E-state index in [0.29, 0.717) is 6.54 Å². The number of aromatic nitrogens is 1. The van der Waals surface area contributed by atoms with Crippen LogP contribution in [0.1, 0.15) is 52.1 Å². The molecule has 1 atom stereocenters. The molecule has 2 aromatic rings. The summed E-state index contributed by atoms with van der Waals surface area (Å²) in [6, 6.07) is 3.70. The van der Waals surface area contributed by atoms with Gasteiger partial charge in [0.1, 0.15) is 6.17 Å². The second kappa shape index (κ2) is 7.55. The van der Waals surface area contributed by atoms with Crippen LogP contribution in [0.3, 0.4) is 0 Å². The SMILES string of the molecule is CN1C(=O)c2c(O)c(=O)c(C(=O)CCc3cccc(F)c3F)cn2N2CCCC[C@@H]12. The van der Waals surface area contributed by atoms with Crippen molar-refractivity contribution >= 4 is 11.7 Å². The second-order valence-corrected chi connectivity index (χ2v) is 7.61. The van der Waals surface area contributed by atoms with Gasteiger partial charge >= 0.3 is 0 Å². The van der Waals surface area contributed by atoms with Crippen molar-refractivity contribution in [3.8, 4) is 5.75 Å². The third-order valence-electron chi connectivity index (χ3n) is 5.81. The van der Waals surface area contributed by atoms with Gasteiger partial charge in [0.05, 0.1) is 5.56 Å². The maximum Gasteiger partial charge on any atom is 0.277 e. The maximum atomic E-state index is 13.8. The van der Waals surface area contributed by atoms with Gasteiger partial charge in [0.15, 0.2) is 28.9 Å². The molecule has 0 spiro atoms. The number of aryl methyl sites for hydroxylation is 1. The number of halogens is 2. The van der Waals surface area contributed by atoms with Crippen molar-refractivity contribution in [1.82, 2.24) is 9.58 Å². The van der Waals surface area contributed by atoms with Crippen LogP contribution in [0.25, 0.3) is 0 Å². The summed E-state index contributed by atoms with van der Waals surface area (Å²) in [5.41, 5.74) is -1.37. The molecule has 1 aromatic heterocycles. The topological polar surface area (TPSA) is 82.9 Å². The summed E-state index contributed by atoms with van der Waals surface area (Å²) < 4.78 is 28.6. The van der Waals surface area contributed by atoms with E-state index < -0.39 is 34.5 Å². The van der Waals surface area contributed by atoms with Gasteiger partial charge in [-0.25, -0.2) is 8.78 Å². The number of pyridine rings is 1. The Balaban J connectivity index is 1.69. The van der Waals surface area contributed by atoms with Crippen LogP contribution >= 0.6 is 0 Å². The first kappa shape index (κ1) is 20.1. The standard InChI is InChI=1S/C21H21F2N3O4/c1-24-16-7-2-3-10-25(16)26-11-13(19(28)20(29)18(26)21(24)30)15(27)9-8-12-5-4-6-14(22)17(12)23/h4-6,11,16,29H,2-3,7-10H2,1H3/t16-/m0/s1. The molecule has 2 aliphatic heterocycles. The Bertz CT molecular complexity index is 1100. The second-order valence-electron chi connectivity index (χ2n) is 7.61. The van der Waals surface area contributed by atoms with Crippen LogP contribution in [0.2, 0.25) is 0 Å². The third-order valence-corrected chi connectivity index (χ3v) is 5.81. The van der Waals surface area contributed by atoms with Gasteiger partial charge in [0.25, 0.3) is 5.91 Å². The number of rotatable bonds is 4. The number of benzene rings is 1. The maximum absolute atomic E-state index is 13.8. The Hall–Kier alpha value is -3.23. The van der Waals surface area contributed by atoms with Gasteiger partial charge in [0, 0.05) is 26.2 Å². The first-order valence-corrected chi connectivity index (χ1v) is 9.80. The van der Waals surface area contributed by atoms with Gasteiger partial charge in [-0.2, -0.15) is 0 Å². The number of Topliss-reactive ketones (excluding diaryl/α,β-unsaturated/α-hetero) is 1. The molecule has 7 nitrogen and oxygen atoms in total. The van der Waals surface area contributed by atoms with Crippen LogP contribution < -0.4 is 10.4 Å². The van der Waals surface area contributed by atoms with Crippen LogP contribution in [-0.2, 0) is 6.42 Å². The number of fused-ring (bicyclic) bond motifs is 3. The summed E-state index contributed by atoms with van der Waals surface area (Å²) in [6.07, 6.45) is 3.24. The van der Waals surface area contributed by atoms with Gasteiger partial charge < -0.3 is 10.0 Å². The molecule has 158 valence electrons. The average molecular weight is 417 g/mol. The fourth-order valence-corrected chi connectivity index (χ4v) is 4.16. The van der Waals surface area contributed by atoms with E-state index >= 15 is 0 Å². The van der Waals surface area contributed by atoms with Crippen LogP contribution in [0, 0.1) is 11.6 Å². The van der Waals surface area contributed by atoms with Crippen LogP contribution in [0.5, 0.6) is 5.75 Å². The largest absolute Gasteiger partial charge is 0.502 e. The van der Waals surface area contributed by atoms with E-state index in [0.717, 1.165) is 25.3 Å². The van der Waals surface area contributed by atoms with Crippen molar-refractivity contribution in [3.05, 3.63) is 63.1 Å². The molecule has 0 unspecified atom stereocenters. The summed E-state index contributed by atoms with van der Waals surface area (Å²) in [7, 11) is 1.62. The molecule has 4 rings (SSSR count). The Labute approximate surface area is 171 Å². The van der Waals surface area contributed by atoms with E-state index in [1.165, 1.54) is 27.9 Å². The lowest BCUT2D eigenvalue weighted by Crippen LogP contribution is -2.61. The number of nitrogens with zero attached hydrogens (tertiary/aromatic N) is 3. The minimum atomic E-state index is -1.03. The smallest absolute Gasteiger partial charge is 0.277 e. The van der Waals surface area contributed by atoms with Crippen molar-refractivity contribution in [3.63, 3.8) is 0 Å². The fraction of sp³-hybridized carbons (Fsp3) is 0.381. The highest BCUT2D eigenvalue weighted by Gasteiger charge is 2.39. The summed E-state index contributed by atoms with van der Waals surface area (Å²) >= 11 is 0. The number of hydrogen-bond donors (Lipinski definition) is 1. The van der Waals surface area contributed by atoms with E-state index in [4.69, 9.17) is 0 Å². The van der Waals surface area contributed by atoms with Gasteiger partial charge in [-0.05, 0) is 37.3 Å². The molecular formula is C21H21F2N3O4. The van der Waals surface area contributed by atoms with Gasteiger partial charge in [-0.1, -0.05) is 12.1 Å². The highest BCUT2D eigenvalue weighted by molar-refractivity contribution is 6.00. The van der Waals surface area contributed by atoms with Crippen molar-refractivity contribution < 1.29 is 23.5 Å². The molecule has 0 radical (unpaired) electrons. The molecular weight excluding hydrogens is 396 g/mol. The summed E-state index contributed by atoms with van der Waals surface area (Å²) in [5.74, 6) is -3.92. The quantitative estimate of drug-likeness (QED) is 0.772. The predicted molar refractivity (Wildman–Crippen MR) is 104 cm³/mol. The number of ketones is 1. The zero-order chi connectivity index (χ0) is 21.6. The number of piperidine rings is 1. The van der Waals surface area contributed by atoms with E-state index in [9.17, 15) is 28.3 Å². The lowest BCUT2D eigenvalue weighted by molar-refractivity contribution is 0.0591. The lowest BCUT2D eigenvalue weighted by atomic mass is 10.0. The number of hydrogen-bond acceptors (Lipinski definition) is 5. The number of carbonyl (C=O) groups excluding carboxylic acids is 2. The molecule has 9 heteroatoms. The summed E-state index contributed by atoms with van der Waals surface area (Å²) in [5, 5.41) is 12.3. The van der Waals surface area contributed by atoms with Crippen LogP contribution in [0.4, 0.5) is 8.78 Å². The van der Waals surface area contributed by atoms with Crippen molar-refractivity contribution in [2.75, 3.05) is 18.6 Å². The van der Waals surface area contributed by atoms with Crippen molar-refractivity contribution in [1.29, 1.82) is 0 Å². The number of amides is 1. The van der Waals surface area contributed by atoms with Crippen molar-refractivity contribution in [2.45, 2.75) is 38.3 Å². The zero-order valence-corrected chi connectivity index (χ0v) is 16.4. The summed E-state index contributed by atoms with van der Waals surface area (Å²) in [6.45, 7) is 0.597. The molecule has 0 bridgehead atoms. The van der Waals surface area contributed by atoms with Gasteiger partial charge in [-0.3, -0.25) is 24.1 Å². The van der Waals surface area contributed by atoms with E-state index in [1.807, 2.05) is 5.01 Å². The highest BCUT2D eigenvalue weighted by Crippen LogP contribution is 2.28. The predicted octanol–water partition coefficient (Wildman–Crippen LogP) is 2.18. The molecule has 1 saturated heterocycles. The summed E-state index contributed by atoms with van der Waals surface area (Å²) in [4.78, 5) is 39.6. The molecule has 1 aromatic carbocycles. The number of carbonyl (C=O) groups is 2. The van der Waals surface area contributed by atoms with Gasteiger partial charge in [-0.15, -0.1) is 0 Å². The third kappa shape index (κ3) is 3.14. The number of aromatic hydroxyl groups is 1. The fourth-order valence-electron chi connectivity index (χ4n) is 4.16. The molecule has 1 fully saturated rings. The lowest BCUT2D eigenvalue weighted by Gasteiger charge is -2.47. The average Bonchev–Trinajstić information content (AvgIpc) is 2.74. The highest BCUT2D eigenvalue weighted by atomic mass is 19.2. The monoisotopic (exact) mass is 417 g/mol. The van der Waals surface area contributed by atoms with Crippen LogP contribution in [-0.4, -0.2) is 46.1 Å². The Morgan fingerprint density at radius 3 is 2.77 bits per heavy atom. The van der Waals surface area contributed by atoms with E-state index in [2.05, 4.69) is 0 Å². The van der Waals surface area contributed by atoms with Crippen molar-refractivity contribution in [2.24, 2.45) is 0 Å². The molecule has 3 heterocycles. The minimum Gasteiger partial charge on any atom is -0.502 e. The molecule has 30 heavy (non-hydrogen) atoms. The normalized spacial score (nSPS) is 18.2.